The van der Waals surface area contributed by atoms with Crippen LogP contribution in [0.3, 0.4) is 0 Å². The summed E-state index contributed by atoms with van der Waals surface area (Å²) < 4.78 is 12.1. The highest BCUT2D eigenvalue weighted by Gasteiger charge is 2.50. The Morgan fingerprint density at radius 2 is 2.21 bits per heavy atom. The molecule has 7 nitrogen and oxygen atoms in total. The monoisotopic (exact) mass is 391 g/mol. The molecule has 1 fully saturated rings. The smallest absolute Gasteiger partial charge is 0.340 e. The molecule has 2 aliphatic heterocycles. The summed E-state index contributed by atoms with van der Waals surface area (Å²) >= 11 is 0. The lowest BCUT2D eigenvalue weighted by Crippen LogP contribution is -2.55. The van der Waals surface area contributed by atoms with E-state index >= 15 is 0 Å². The van der Waals surface area contributed by atoms with E-state index < -0.39 is 23.7 Å². The molecule has 2 unspecified atom stereocenters. The second kappa shape index (κ2) is 7.21. The largest absolute Gasteiger partial charge is 0.484 e. The highest BCUT2D eigenvalue weighted by atomic mass is 16.6. The van der Waals surface area contributed by atoms with E-state index in [-0.39, 0.29) is 5.91 Å². The van der Waals surface area contributed by atoms with Crippen molar-refractivity contribution >= 4 is 11.9 Å². The third kappa shape index (κ3) is 3.42. The van der Waals surface area contributed by atoms with Gasteiger partial charge in [-0.2, -0.15) is 5.26 Å². The molecule has 2 aromatic rings. The predicted octanol–water partition coefficient (Wildman–Crippen LogP) is 3.01. The van der Waals surface area contributed by atoms with Crippen LogP contribution in [0.1, 0.15) is 54.2 Å². The summed E-state index contributed by atoms with van der Waals surface area (Å²) in [5.74, 6) is 0.0622. The SMILES string of the molecule is CC1(C)Oc2ccc(C#N)cc2C(N2CCCC2=O)C1OC(=O)c1cccnc1. The zero-order valence-electron chi connectivity index (χ0n) is 16.3. The van der Waals surface area contributed by atoms with Gasteiger partial charge in [0.05, 0.1) is 17.2 Å². The van der Waals surface area contributed by atoms with Crippen molar-refractivity contribution in [1.82, 2.24) is 9.88 Å². The van der Waals surface area contributed by atoms with Crippen LogP contribution in [0, 0.1) is 11.3 Å². The van der Waals surface area contributed by atoms with Gasteiger partial charge in [0.2, 0.25) is 5.91 Å². The lowest BCUT2D eigenvalue weighted by atomic mass is 9.84. The van der Waals surface area contributed by atoms with Gasteiger partial charge in [-0.15, -0.1) is 0 Å². The number of nitrogens with zero attached hydrogens (tertiary/aromatic N) is 3. The van der Waals surface area contributed by atoms with Crippen molar-refractivity contribution < 1.29 is 19.1 Å². The van der Waals surface area contributed by atoms with Crippen molar-refractivity contribution in [1.29, 1.82) is 5.26 Å². The molecule has 0 spiro atoms. The number of aromatic nitrogens is 1. The van der Waals surface area contributed by atoms with Crippen molar-refractivity contribution in [3.63, 3.8) is 0 Å². The molecular formula is C22H21N3O4. The summed E-state index contributed by atoms with van der Waals surface area (Å²) in [5, 5.41) is 9.34. The van der Waals surface area contributed by atoms with Crippen LogP contribution in [-0.4, -0.2) is 40.0 Å². The van der Waals surface area contributed by atoms with E-state index in [1.807, 2.05) is 13.8 Å². The first-order valence-corrected chi connectivity index (χ1v) is 9.54. The Morgan fingerprint density at radius 3 is 2.86 bits per heavy atom. The first-order valence-electron chi connectivity index (χ1n) is 9.54. The average molecular weight is 391 g/mol. The molecule has 29 heavy (non-hydrogen) atoms. The maximum atomic E-state index is 12.8. The highest BCUT2D eigenvalue weighted by molar-refractivity contribution is 5.89. The van der Waals surface area contributed by atoms with Crippen molar-refractivity contribution in [2.24, 2.45) is 0 Å². The molecule has 2 aliphatic rings. The van der Waals surface area contributed by atoms with E-state index in [0.717, 1.165) is 6.42 Å². The quantitative estimate of drug-likeness (QED) is 0.747. The highest BCUT2D eigenvalue weighted by Crippen LogP contribution is 2.46. The van der Waals surface area contributed by atoms with Gasteiger partial charge in [0.15, 0.2) is 6.10 Å². The van der Waals surface area contributed by atoms with Gasteiger partial charge in [0, 0.05) is 30.9 Å². The standard InChI is InChI=1S/C22H21N3O4/c1-22(2)20(28-21(27)15-5-3-9-24-13-15)19(25-10-4-6-18(25)26)16-11-14(12-23)7-8-17(16)29-22/h3,5,7-9,11,13,19-20H,4,6,10H2,1-2H3. The number of benzene rings is 1. The van der Waals surface area contributed by atoms with Gasteiger partial charge < -0.3 is 14.4 Å². The lowest BCUT2D eigenvalue weighted by molar-refractivity contribution is -0.140. The van der Waals surface area contributed by atoms with Gasteiger partial charge in [-0.1, -0.05) is 0 Å². The van der Waals surface area contributed by atoms with E-state index in [4.69, 9.17) is 9.47 Å². The second-order valence-electron chi connectivity index (χ2n) is 7.77. The van der Waals surface area contributed by atoms with Crippen molar-refractivity contribution in [3.05, 3.63) is 59.4 Å². The molecule has 3 heterocycles. The molecule has 7 heteroatoms. The normalized spacial score (nSPS) is 22.4. The van der Waals surface area contributed by atoms with Crippen molar-refractivity contribution in [3.8, 4) is 11.8 Å². The fraction of sp³-hybridized carbons (Fsp3) is 0.364. The van der Waals surface area contributed by atoms with Gasteiger partial charge in [0.25, 0.3) is 0 Å². The molecule has 1 saturated heterocycles. The Bertz CT molecular complexity index is 997. The van der Waals surface area contributed by atoms with Gasteiger partial charge in [-0.05, 0) is 50.6 Å². The van der Waals surface area contributed by atoms with Gasteiger partial charge in [-0.3, -0.25) is 9.78 Å². The molecule has 1 aromatic heterocycles. The van der Waals surface area contributed by atoms with Gasteiger partial charge in [0.1, 0.15) is 17.4 Å². The summed E-state index contributed by atoms with van der Waals surface area (Å²) in [7, 11) is 0. The molecule has 0 radical (unpaired) electrons. The first-order chi connectivity index (χ1) is 13.9. The Morgan fingerprint density at radius 1 is 1.38 bits per heavy atom. The van der Waals surface area contributed by atoms with Crippen LogP contribution in [0.4, 0.5) is 0 Å². The van der Waals surface area contributed by atoms with E-state index in [0.29, 0.717) is 35.4 Å². The zero-order valence-corrected chi connectivity index (χ0v) is 16.3. The van der Waals surface area contributed by atoms with E-state index in [9.17, 15) is 14.9 Å². The molecule has 0 bridgehead atoms. The zero-order chi connectivity index (χ0) is 20.6. The van der Waals surface area contributed by atoms with Crippen molar-refractivity contribution in [2.75, 3.05) is 6.54 Å². The fourth-order valence-electron chi connectivity index (χ4n) is 3.99. The molecule has 1 amide bonds. The number of amides is 1. The molecule has 0 aliphatic carbocycles. The Kier molecular flexibility index (Phi) is 4.71. The van der Waals surface area contributed by atoms with E-state index in [1.165, 1.54) is 6.20 Å². The van der Waals surface area contributed by atoms with Crippen LogP contribution in [0.5, 0.6) is 5.75 Å². The topological polar surface area (TPSA) is 92.5 Å². The first kappa shape index (κ1) is 18.9. The van der Waals surface area contributed by atoms with Crippen LogP contribution in [-0.2, 0) is 9.53 Å². The number of nitriles is 1. The molecule has 4 rings (SSSR count). The summed E-state index contributed by atoms with van der Waals surface area (Å²) in [6, 6.07) is 10.0. The summed E-state index contributed by atoms with van der Waals surface area (Å²) in [5.41, 5.74) is 0.585. The maximum Gasteiger partial charge on any atom is 0.340 e. The minimum Gasteiger partial charge on any atom is -0.484 e. The minimum atomic E-state index is -0.882. The predicted molar refractivity (Wildman–Crippen MR) is 103 cm³/mol. The van der Waals surface area contributed by atoms with Crippen LogP contribution in [0.25, 0.3) is 0 Å². The number of esters is 1. The number of carbonyl (C=O) groups excluding carboxylic acids is 2. The van der Waals surface area contributed by atoms with Gasteiger partial charge >= 0.3 is 5.97 Å². The van der Waals surface area contributed by atoms with Crippen molar-refractivity contribution in [2.45, 2.75) is 44.4 Å². The molecule has 0 saturated carbocycles. The summed E-state index contributed by atoms with van der Waals surface area (Å²) in [6.45, 7) is 4.24. The number of hydrogen-bond donors (Lipinski definition) is 0. The number of pyridine rings is 1. The third-order valence-corrected chi connectivity index (χ3v) is 5.38. The Hall–Kier alpha value is -3.40. The molecule has 1 aromatic carbocycles. The minimum absolute atomic E-state index is 0.00318. The lowest BCUT2D eigenvalue weighted by Gasteiger charge is -2.46. The summed E-state index contributed by atoms with van der Waals surface area (Å²) in [4.78, 5) is 31.1. The van der Waals surface area contributed by atoms with Crippen LogP contribution >= 0.6 is 0 Å². The number of fused-ring (bicyclic) bond motifs is 1. The summed E-state index contributed by atoms with van der Waals surface area (Å²) in [6.07, 6.45) is 3.47. The number of rotatable bonds is 3. The molecule has 2 atom stereocenters. The fourth-order valence-corrected chi connectivity index (χ4v) is 3.99. The molecule has 148 valence electrons. The number of carbonyl (C=O) groups is 2. The van der Waals surface area contributed by atoms with Crippen LogP contribution < -0.4 is 4.74 Å². The molecular weight excluding hydrogens is 370 g/mol. The average Bonchev–Trinajstić information content (AvgIpc) is 3.14. The number of likely N-dealkylation sites (tertiary alicyclic amines) is 1. The van der Waals surface area contributed by atoms with Crippen LogP contribution in [0.15, 0.2) is 42.7 Å². The van der Waals surface area contributed by atoms with E-state index in [1.54, 1.807) is 41.4 Å². The Balaban J connectivity index is 1.79. The number of hydrogen-bond acceptors (Lipinski definition) is 6. The third-order valence-electron chi connectivity index (χ3n) is 5.38. The Labute approximate surface area is 168 Å². The maximum absolute atomic E-state index is 12.8. The van der Waals surface area contributed by atoms with Crippen LogP contribution in [0.2, 0.25) is 0 Å². The van der Waals surface area contributed by atoms with E-state index in [2.05, 4.69) is 11.1 Å². The van der Waals surface area contributed by atoms with Gasteiger partial charge in [-0.25, -0.2) is 4.79 Å². The second-order valence-corrected chi connectivity index (χ2v) is 7.77. The molecule has 0 N–H and O–H groups in total. The number of ether oxygens (including phenoxy) is 2.